The molecule has 0 aliphatic heterocycles. The number of aryl methyl sites for hydroxylation is 2. The van der Waals surface area contributed by atoms with Crippen LogP contribution in [0.15, 0.2) is 23.0 Å². The van der Waals surface area contributed by atoms with Crippen LogP contribution in [-0.2, 0) is 11.3 Å². The van der Waals surface area contributed by atoms with Crippen LogP contribution in [0.4, 0.5) is 0 Å². The zero-order valence-electron chi connectivity index (χ0n) is 12.6. The highest BCUT2D eigenvalue weighted by Crippen LogP contribution is 2.19. The van der Waals surface area contributed by atoms with Gasteiger partial charge < -0.3 is 13.8 Å². The minimum atomic E-state index is -0.174. The molecule has 21 heavy (non-hydrogen) atoms. The van der Waals surface area contributed by atoms with Gasteiger partial charge in [0.25, 0.3) is 0 Å². The van der Waals surface area contributed by atoms with Crippen LogP contribution in [0.2, 0.25) is 0 Å². The average molecular weight is 286 g/mol. The molecule has 2 heterocycles. The maximum atomic E-state index is 5.27. The molecule has 3 rings (SSSR count). The van der Waals surface area contributed by atoms with Crippen molar-refractivity contribution in [3.63, 3.8) is 0 Å². The van der Waals surface area contributed by atoms with Crippen LogP contribution in [0.5, 0.6) is 0 Å². The van der Waals surface area contributed by atoms with Gasteiger partial charge in [-0.15, -0.1) is 0 Å². The molecule has 1 atom stereocenters. The van der Waals surface area contributed by atoms with E-state index in [1.807, 2.05) is 11.5 Å². The van der Waals surface area contributed by atoms with Crippen LogP contribution in [0.3, 0.4) is 0 Å². The summed E-state index contributed by atoms with van der Waals surface area (Å²) in [7, 11) is 1.62. The molecule has 0 radical (unpaired) electrons. The van der Waals surface area contributed by atoms with E-state index in [1.54, 1.807) is 13.4 Å². The first-order chi connectivity index (χ1) is 10.1. The Kier molecular flexibility index (Phi) is 3.47. The highest BCUT2D eigenvalue weighted by Gasteiger charge is 2.14. The molecule has 0 spiro atoms. The fraction of sp³-hybridized carbons (Fsp3) is 0.400. The first-order valence-electron chi connectivity index (χ1n) is 6.86. The highest BCUT2D eigenvalue weighted by molar-refractivity contribution is 5.77. The highest BCUT2D eigenvalue weighted by atomic mass is 16.5. The third-order valence-corrected chi connectivity index (χ3v) is 3.74. The first kappa shape index (κ1) is 13.8. The molecule has 6 nitrogen and oxygen atoms in total. The van der Waals surface area contributed by atoms with E-state index in [0.29, 0.717) is 18.3 Å². The zero-order chi connectivity index (χ0) is 15.0. The van der Waals surface area contributed by atoms with Gasteiger partial charge in [0.2, 0.25) is 5.89 Å². The summed E-state index contributed by atoms with van der Waals surface area (Å²) in [6.07, 6.45) is 1.62. The number of hydrogen-bond donors (Lipinski definition) is 0. The Morgan fingerprint density at radius 3 is 2.81 bits per heavy atom. The lowest BCUT2D eigenvalue weighted by molar-refractivity contribution is 0.109. The van der Waals surface area contributed by atoms with Gasteiger partial charge in [0.1, 0.15) is 12.6 Å². The standard InChI is InChI=1S/C15H18N4O2/c1-9-5-12-13(6-10(9)2)19(8-16-12)7-14-17-15(18-21-14)11(3)20-4/h5-6,8,11H,7H2,1-4H3. The zero-order valence-corrected chi connectivity index (χ0v) is 12.6. The van der Waals surface area contributed by atoms with E-state index in [9.17, 15) is 0 Å². The van der Waals surface area contributed by atoms with Crippen LogP contribution < -0.4 is 0 Å². The molecule has 0 amide bonds. The largest absolute Gasteiger partial charge is 0.374 e. The molecule has 110 valence electrons. The summed E-state index contributed by atoms with van der Waals surface area (Å²) in [5.74, 6) is 1.11. The second-order valence-corrected chi connectivity index (χ2v) is 5.22. The number of nitrogens with zero attached hydrogens (tertiary/aromatic N) is 4. The van der Waals surface area contributed by atoms with Crippen molar-refractivity contribution >= 4 is 11.0 Å². The molecule has 0 aliphatic rings. The van der Waals surface area contributed by atoms with E-state index in [0.717, 1.165) is 11.0 Å². The molecule has 1 unspecified atom stereocenters. The fourth-order valence-corrected chi connectivity index (χ4v) is 2.19. The summed E-state index contributed by atoms with van der Waals surface area (Å²) >= 11 is 0. The summed E-state index contributed by atoms with van der Waals surface area (Å²) in [4.78, 5) is 8.77. The Morgan fingerprint density at radius 1 is 1.29 bits per heavy atom. The van der Waals surface area contributed by atoms with Gasteiger partial charge in [-0.05, 0) is 44.0 Å². The third-order valence-electron chi connectivity index (χ3n) is 3.74. The van der Waals surface area contributed by atoms with Crippen molar-refractivity contribution in [2.24, 2.45) is 0 Å². The maximum absolute atomic E-state index is 5.27. The van der Waals surface area contributed by atoms with Crippen molar-refractivity contribution in [1.82, 2.24) is 19.7 Å². The molecule has 0 bridgehead atoms. The predicted octanol–water partition coefficient (Wildman–Crippen LogP) is 2.79. The molecule has 3 aromatic rings. The van der Waals surface area contributed by atoms with Gasteiger partial charge >= 0.3 is 0 Å². The van der Waals surface area contributed by atoms with E-state index >= 15 is 0 Å². The van der Waals surface area contributed by atoms with Crippen LogP contribution in [0, 0.1) is 13.8 Å². The Hall–Kier alpha value is -2.21. The quantitative estimate of drug-likeness (QED) is 0.737. The molecule has 0 fully saturated rings. The van der Waals surface area contributed by atoms with Gasteiger partial charge in [-0.1, -0.05) is 5.16 Å². The minimum absolute atomic E-state index is 0.174. The summed E-state index contributed by atoms with van der Waals surface area (Å²) in [6, 6.07) is 4.22. The lowest BCUT2D eigenvalue weighted by Crippen LogP contribution is -2.01. The summed E-state index contributed by atoms with van der Waals surface area (Å²) in [5.41, 5.74) is 4.52. The molecule has 0 saturated heterocycles. The summed E-state index contributed by atoms with van der Waals surface area (Å²) in [5, 5.41) is 3.93. The Morgan fingerprint density at radius 2 is 2.05 bits per heavy atom. The van der Waals surface area contributed by atoms with E-state index in [-0.39, 0.29) is 6.10 Å². The Bertz CT molecular complexity index is 775. The number of aromatic nitrogens is 4. The second-order valence-electron chi connectivity index (χ2n) is 5.22. The normalized spacial score (nSPS) is 13.0. The maximum Gasteiger partial charge on any atom is 0.246 e. The number of hydrogen-bond acceptors (Lipinski definition) is 5. The van der Waals surface area contributed by atoms with Crippen molar-refractivity contribution < 1.29 is 9.26 Å². The van der Waals surface area contributed by atoms with Gasteiger partial charge in [-0.2, -0.15) is 4.98 Å². The lowest BCUT2D eigenvalue weighted by atomic mass is 10.1. The molecule has 0 N–H and O–H groups in total. The average Bonchev–Trinajstić information content (AvgIpc) is 3.08. The lowest BCUT2D eigenvalue weighted by Gasteiger charge is -2.03. The van der Waals surface area contributed by atoms with Crippen molar-refractivity contribution in [2.45, 2.75) is 33.4 Å². The molecular formula is C15H18N4O2. The Balaban J connectivity index is 1.91. The molecule has 6 heteroatoms. The van der Waals surface area contributed by atoms with Gasteiger partial charge in [0.05, 0.1) is 17.4 Å². The predicted molar refractivity (Wildman–Crippen MR) is 78.0 cm³/mol. The SMILES string of the molecule is COC(C)c1noc(Cn2cnc3cc(C)c(C)cc32)n1. The molecule has 1 aromatic carbocycles. The van der Waals surface area contributed by atoms with Gasteiger partial charge in [0, 0.05) is 7.11 Å². The van der Waals surface area contributed by atoms with Crippen molar-refractivity contribution in [1.29, 1.82) is 0 Å². The summed E-state index contributed by atoms with van der Waals surface area (Å²) in [6.45, 7) is 6.57. The molecular weight excluding hydrogens is 268 g/mol. The number of ether oxygens (including phenoxy) is 1. The molecule has 0 aliphatic carbocycles. The monoisotopic (exact) mass is 286 g/mol. The van der Waals surface area contributed by atoms with Crippen LogP contribution in [0.1, 0.15) is 35.9 Å². The van der Waals surface area contributed by atoms with E-state index in [4.69, 9.17) is 9.26 Å². The van der Waals surface area contributed by atoms with Gasteiger partial charge in [-0.25, -0.2) is 4.98 Å². The fourth-order valence-electron chi connectivity index (χ4n) is 2.19. The Labute approximate surface area is 122 Å². The third kappa shape index (κ3) is 2.54. The van der Waals surface area contributed by atoms with Crippen LogP contribution >= 0.6 is 0 Å². The number of benzene rings is 1. The van der Waals surface area contributed by atoms with E-state index in [2.05, 4.69) is 41.1 Å². The van der Waals surface area contributed by atoms with Crippen molar-refractivity contribution in [3.8, 4) is 0 Å². The van der Waals surface area contributed by atoms with E-state index < -0.39 is 0 Å². The second kappa shape index (κ2) is 5.29. The minimum Gasteiger partial charge on any atom is -0.374 e. The van der Waals surface area contributed by atoms with Crippen molar-refractivity contribution in [2.75, 3.05) is 7.11 Å². The number of fused-ring (bicyclic) bond motifs is 1. The van der Waals surface area contributed by atoms with Gasteiger partial charge in [0.15, 0.2) is 5.82 Å². The van der Waals surface area contributed by atoms with Crippen LogP contribution in [0.25, 0.3) is 11.0 Å². The number of imidazole rings is 1. The topological polar surface area (TPSA) is 66.0 Å². The van der Waals surface area contributed by atoms with Crippen molar-refractivity contribution in [3.05, 3.63) is 41.3 Å². The number of methoxy groups -OCH3 is 1. The summed E-state index contributed by atoms with van der Waals surface area (Å²) < 4.78 is 12.5. The number of rotatable bonds is 4. The molecule has 0 saturated carbocycles. The smallest absolute Gasteiger partial charge is 0.246 e. The first-order valence-corrected chi connectivity index (χ1v) is 6.86. The van der Waals surface area contributed by atoms with E-state index in [1.165, 1.54) is 11.1 Å². The molecule has 2 aromatic heterocycles. The van der Waals surface area contributed by atoms with Crippen LogP contribution in [-0.4, -0.2) is 26.8 Å². The van der Waals surface area contributed by atoms with Gasteiger partial charge in [-0.3, -0.25) is 0 Å².